The van der Waals surface area contributed by atoms with Crippen molar-refractivity contribution in [2.45, 2.75) is 51.9 Å². The first kappa shape index (κ1) is 14.2. The van der Waals surface area contributed by atoms with Gasteiger partial charge in [-0.2, -0.15) is 0 Å². The van der Waals surface area contributed by atoms with Gasteiger partial charge in [0.15, 0.2) is 0 Å². The molecule has 0 saturated carbocycles. The van der Waals surface area contributed by atoms with E-state index in [1.54, 1.807) is 0 Å². The topological polar surface area (TPSA) is 0 Å². The molecule has 0 atom stereocenters. The average molecular weight is 306 g/mol. The van der Waals surface area contributed by atoms with Crippen LogP contribution < -0.4 is 0 Å². The third-order valence-electron chi connectivity index (χ3n) is 2.06. The van der Waals surface area contributed by atoms with E-state index in [0.29, 0.717) is 0 Å². The van der Waals surface area contributed by atoms with Crippen molar-refractivity contribution in [2.75, 3.05) is 4.43 Å². The lowest BCUT2D eigenvalue weighted by molar-refractivity contribution is 0.811. The van der Waals surface area contributed by atoms with E-state index in [9.17, 15) is 0 Å². The third kappa shape index (κ3) is 12.2. The second-order valence-electron chi connectivity index (χ2n) is 3.49. The first-order valence-electron chi connectivity index (χ1n) is 5.77. The number of hydrogen-bond acceptors (Lipinski definition) is 0. The van der Waals surface area contributed by atoms with Gasteiger partial charge in [-0.1, -0.05) is 66.7 Å². The Bertz CT molecular complexity index is 129. The van der Waals surface area contributed by atoms with Gasteiger partial charge in [0, 0.05) is 0 Å². The molecule has 1 heteroatoms. The summed E-state index contributed by atoms with van der Waals surface area (Å²) in [7, 11) is 0. The van der Waals surface area contributed by atoms with Crippen molar-refractivity contribution in [1.29, 1.82) is 0 Å². The van der Waals surface area contributed by atoms with Crippen LogP contribution in [-0.2, 0) is 0 Å². The lowest BCUT2D eigenvalue weighted by Crippen LogP contribution is -1.71. The lowest BCUT2D eigenvalue weighted by Gasteiger charge is -1.90. The molecule has 82 valence electrons. The van der Waals surface area contributed by atoms with Crippen molar-refractivity contribution in [3.05, 3.63) is 24.3 Å². The Morgan fingerprint density at radius 2 is 1.29 bits per heavy atom. The molecular formula is C13H23I. The molecule has 0 bridgehead atoms. The van der Waals surface area contributed by atoms with Crippen LogP contribution in [0.4, 0.5) is 0 Å². The summed E-state index contributed by atoms with van der Waals surface area (Å²) in [5, 5.41) is 0. The molecular weight excluding hydrogens is 283 g/mol. The van der Waals surface area contributed by atoms with Gasteiger partial charge in [0.25, 0.3) is 0 Å². The molecule has 0 aromatic heterocycles. The summed E-state index contributed by atoms with van der Waals surface area (Å²) in [5.74, 6) is 0. The maximum Gasteiger partial charge on any atom is -0.000178 e. The smallest absolute Gasteiger partial charge is 0.000178 e. The summed E-state index contributed by atoms with van der Waals surface area (Å²) in [5.41, 5.74) is 0. The minimum Gasteiger partial charge on any atom is -0.0885 e. The Labute approximate surface area is 103 Å². The van der Waals surface area contributed by atoms with Gasteiger partial charge in [0.05, 0.1) is 0 Å². The fourth-order valence-electron chi connectivity index (χ4n) is 1.18. The predicted molar refractivity (Wildman–Crippen MR) is 75.2 cm³/mol. The standard InChI is InChI=1S/C13H23I/c1-2-3-4-5-6-7-8-9-10-11-12-13-14/h5-6,9-10H,2-4,7-8,11-13H2,1H3. The molecule has 0 rings (SSSR count). The monoisotopic (exact) mass is 306 g/mol. The van der Waals surface area contributed by atoms with Crippen molar-refractivity contribution >= 4 is 22.6 Å². The van der Waals surface area contributed by atoms with Gasteiger partial charge in [-0.3, -0.25) is 0 Å². The Kier molecular flexibility index (Phi) is 13.4. The molecule has 0 saturated heterocycles. The maximum absolute atomic E-state index is 2.43. The number of rotatable bonds is 9. The van der Waals surface area contributed by atoms with E-state index in [4.69, 9.17) is 0 Å². The highest BCUT2D eigenvalue weighted by molar-refractivity contribution is 14.1. The zero-order chi connectivity index (χ0) is 10.5. The van der Waals surface area contributed by atoms with E-state index in [2.05, 4.69) is 53.8 Å². The van der Waals surface area contributed by atoms with Gasteiger partial charge in [-0.15, -0.1) is 0 Å². The molecule has 0 aromatic carbocycles. The highest BCUT2D eigenvalue weighted by Gasteiger charge is 1.80. The number of halogens is 1. The van der Waals surface area contributed by atoms with Gasteiger partial charge >= 0.3 is 0 Å². The van der Waals surface area contributed by atoms with Gasteiger partial charge < -0.3 is 0 Å². The number of allylic oxidation sites excluding steroid dienone is 4. The van der Waals surface area contributed by atoms with Gasteiger partial charge in [0.2, 0.25) is 0 Å². The van der Waals surface area contributed by atoms with E-state index in [1.807, 2.05) is 0 Å². The van der Waals surface area contributed by atoms with E-state index in [0.717, 1.165) is 0 Å². The molecule has 0 aliphatic heterocycles. The van der Waals surface area contributed by atoms with Crippen LogP contribution in [0.3, 0.4) is 0 Å². The van der Waals surface area contributed by atoms with Crippen LogP contribution in [-0.4, -0.2) is 4.43 Å². The molecule has 0 fully saturated rings. The maximum atomic E-state index is 2.43. The van der Waals surface area contributed by atoms with Crippen LogP contribution in [0.5, 0.6) is 0 Å². The minimum atomic E-state index is 1.21. The highest BCUT2D eigenvalue weighted by Crippen LogP contribution is 2.00. The number of hydrogen-bond donors (Lipinski definition) is 0. The first-order valence-corrected chi connectivity index (χ1v) is 7.30. The molecule has 0 aromatic rings. The predicted octanol–water partition coefficient (Wildman–Crippen LogP) is 5.28. The number of alkyl halides is 1. The van der Waals surface area contributed by atoms with Crippen LogP contribution in [0.15, 0.2) is 24.3 Å². The van der Waals surface area contributed by atoms with Crippen LogP contribution in [0, 0.1) is 0 Å². The Morgan fingerprint density at radius 3 is 1.79 bits per heavy atom. The molecule has 0 aliphatic rings. The van der Waals surface area contributed by atoms with Crippen LogP contribution >= 0.6 is 22.6 Å². The van der Waals surface area contributed by atoms with Crippen LogP contribution in [0.1, 0.15) is 51.9 Å². The number of unbranched alkanes of at least 4 members (excludes halogenated alkanes) is 4. The average Bonchev–Trinajstić information content (AvgIpc) is 2.21. The van der Waals surface area contributed by atoms with Crippen molar-refractivity contribution in [2.24, 2.45) is 0 Å². The van der Waals surface area contributed by atoms with Gasteiger partial charge in [-0.25, -0.2) is 0 Å². The molecule has 0 heterocycles. The molecule has 0 spiro atoms. The summed E-state index contributed by atoms with van der Waals surface area (Å²) in [6.45, 7) is 2.24. The van der Waals surface area contributed by atoms with E-state index in [1.165, 1.54) is 49.4 Å². The van der Waals surface area contributed by atoms with Gasteiger partial charge in [0.1, 0.15) is 0 Å². The second kappa shape index (κ2) is 13.2. The first-order chi connectivity index (χ1) is 6.91. The molecule has 14 heavy (non-hydrogen) atoms. The third-order valence-corrected chi connectivity index (χ3v) is 2.82. The van der Waals surface area contributed by atoms with E-state index in [-0.39, 0.29) is 0 Å². The summed E-state index contributed by atoms with van der Waals surface area (Å²) in [6.07, 6.45) is 18.2. The van der Waals surface area contributed by atoms with Crippen molar-refractivity contribution < 1.29 is 0 Å². The Balaban J connectivity index is 3.11. The van der Waals surface area contributed by atoms with Crippen molar-refractivity contribution in [1.82, 2.24) is 0 Å². The SMILES string of the molecule is CCCCC=CCCC=CCCCI. The fraction of sp³-hybridized carbons (Fsp3) is 0.692. The zero-order valence-electron chi connectivity index (χ0n) is 9.34. The van der Waals surface area contributed by atoms with E-state index >= 15 is 0 Å². The molecule has 0 amide bonds. The van der Waals surface area contributed by atoms with Crippen molar-refractivity contribution in [3.63, 3.8) is 0 Å². The summed E-state index contributed by atoms with van der Waals surface area (Å²) >= 11 is 2.43. The fourth-order valence-corrected chi connectivity index (χ4v) is 1.62. The van der Waals surface area contributed by atoms with E-state index < -0.39 is 0 Å². The summed E-state index contributed by atoms with van der Waals surface area (Å²) < 4.78 is 1.28. The van der Waals surface area contributed by atoms with Gasteiger partial charge in [-0.05, 0) is 36.5 Å². The lowest BCUT2D eigenvalue weighted by atomic mass is 10.2. The largest absolute Gasteiger partial charge is 0.0885 e. The quantitative estimate of drug-likeness (QED) is 0.235. The summed E-state index contributed by atoms with van der Waals surface area (Å²) in [6, 6.07) is 0. The molecule has 0 nitrogen and oxygen atoms in total. The molecule has 0 aliphatic carbocycles. The second-order valence-corrected chi connectivity index (χ2v) is 4.57. The molecule has 0 unspecified atom stereocenters. The highest BCUT2D eigenvalue weighted by atomic mass is 127. The summed E-state index contributed by atoms with van der Waals surface area (Å²) in [4.78, 5) is 0. The molecule has 0 N–H and O–H groups in total. The minimum absolute atomic E-state index is 1.21. The molecule has 0 radical (unpaired) electrons. The normalized spacial score (nSPS) is 11.9. The van der Waals surface area contributed by atoms with Crippen LogP contribution in [0.2, 0.25) is 0 Å². The Morgan fingerprint density at radius 1 is 0.786 bits per heavy atom. The van der Waals surface area contributed by atoms with Crippen molar-refractivity contribution in [3.8, 4) is 0 Å². The Hall–Kier alpha value is 0.210. The van der Waals surface area contributed by atoms with Crippen LogP contribution in [0.25, 0.3) is 0 Å². The zero-order valence-corrected chi connectivity index (χ0v) is 11.5.